The lowest BCUT2D eigenvalue weighted by atomic mass is 9.53. The Morgan fingerprint density at radius 3 is 2.29 bits per heavy atom. The number of nitrogen functional groups attached to an aromatic ring is 1. The molecule has 4 N–H and O–H groups in total. The van der Waals surface area contributed by atoms with Crippen molar-refractivity contribution in [2.24, 2.45) is 17.8 Å². The summed E-state index contributed by atoms with van der Waals surface area (Å²) in [4.78, 5) is 13.0. The van der Waals surface area contributed by atoms with Crippen LogP contribution in [0.5, 0.6) is 0 Å². The van der Waals surface area contributed by atoms with Crippen LogP contribution in [-0.4, -0.2) is 20.5 Å². The van der Waals surface area contributed by atoms with Crippen LogP contribution in [0.4, 0.5) is 22.5 Å². The minimum absolute atomic E-state index is 0.190. The number of aromatic nitrogens is 3. The third kappa shape index (κ3) is 2.42. The van der Waals surface area contributed by atoms with E-state index in [-0.39, 0.29) is 5.54 Å². The molecule has 126 valence electrons. The molecule has 4 saturated carbocycles. The minimum Gasteiger partial charge on any atom is -0.393 e. The molecule has 24 heavy (non-hydrogen) atoms. The summed E-state index contributed by atoms with van der Waals surface area (Å²) in [7, 11) is 0. The molecule has 6 rings (SSSR count). The summed E-state index contributed by atoms with van der Waals surface area (Å²) in [6.07, 6.45) is 11.4. The summed E-state index contributed by atoms with van der Waals surface area (Å²) < 4.78 is 0. The van der Waals surface area contributed by atoms with Gasteiger partial charge in [0.2, 0.25) is 0 Å². The summed E-state index contributed by atoms with van der Waals surface area (Å²) in [5, 5.41) is 9.65. The number of rotatable bonds is 4. The van der Waals surface area contributed by atoms with Crippen LogP contribution in [0.25, 0.3) is 0 Å². The number of anilines is 4. The lowest BCUT2D eigenvalue weighted by molar-refractivity contribution is 0.0106. The van der Waals surface area contributed by atoms with Crippen LogP contribution in [0.2, 0.25) is 0 Å². The van der Waals surface area contributed by atoms with E-state index in [1.165, 1.54) is 49.9 Å². The Morgan fingerprint density at radius 1 is 1.00 bits per heavy atom. The molecule has 0 radical (unpaired) electrons. The summed E-state index contributed by atoms with van der Waals surface area (Å²) >= 11 is 1.53. The van der Waals surface area contributed by atoms with Gasteiger partial charge in [0.25, 0.3) is 0 Å². The molecule has 0 atom stereocenters. The number of hydrogen-bond donors (Lipinski definition) is 3. The number of nitrogens with one attached hydrogen (secondary N) is 2. The molecule has 4 fully saturated rings. The Kier molecular flexibility index (Phi) is 3.20. The van der Waals surface area contributed by atoms with E-state index in [9.17, 15) is 0 Å². The van der Waals surface area contributed by atoms with Crippen molar-refractivity contribution >= 4 is 33.8 Å². The van der Waals surface area contributed by atoms with Gasteiger partial charge >= 0.3 is 0 Å². The van der Waals surface area contributed by atoms with E-state index in [4.69, 9.17) is 5.73 Å². The molecule has 0 amide bonds. The van der Waals surface area contributed by atoms with E-state index in [2.05, 4.69) is 25.6 Å². The predicted molar refractivity (Wildman–Crippen MR) is 96.4 cm³/mol. The van der Waals surface area contributed by atoms with E-state index in [1.807, 2.05) is 5.38 Å². The third-order valence-corrected chi connectivity index (χ3v) is 6.65. The molecule has 0 aromatic carbocycles. The number of nitrogens with two attached hydrogens (primary N) is 1. The largest absolute Gasteiger partial charge is 0.393 e. The SMILES string of the molecule is Nc1c(Nc2nccs2)ncnc1NC12CC3CC(CC(C3)C1)C2. The maximum absolute atomic E-state index is 6.36. The fourth-order valence-electron chi connectivity index (χ4n) is 5.50. The Bertz CT molecular complexity index is 708. The highest BCUT2D eigenvalue weighted by molar-refractivity contribution is 7.13. The van der Waals surface area contributed by atoms with Gasteiger partial charge in [0, 0.05) is 17.1 Å². The molecule has 2 aromatic heterocycles. The zero-order valence-corrected chi connectivity index (χ0v) is 14.4. The highest BCUT2D eigenvalue weighted by Gasteiger charge is 2.51. The van der Waals surface area contributed by atoms with E-state index >= 15 is 0 Å². The molecule has 2 aromatic rings. The van der Waals surface area contributed by atoms with E-state index < -0.39 is 0 Å². The van der Waals surface area contributed by atoms with Gasteiger partial charge in [-0.1, -0.05) is 0 Å². The Hall–Kier alpha value is -1.89. The molecule has 4 aliphatic rings. The van der Waals surface area contributed by atoms with Crippen LogP contribution in [0.15, 0.2) is 17.9 Å². The van der Waals surface area contributed by atoms with Gasteiger partial charge in [-0.25, -0.2) is 15.0 Å². The Morgan fingerprint density at radius 2 is 1.67 bits per heavy atom. The highest BCUT2D eigenvalue weighted by Crippen LogP contribution is 2.56. The minimum atomic E-state index is 0.190. The highest BCUT2D eigenvalue weighted by atomic mass is 32.1. The molecule has 7 heteroatoms. The van der Waals surface area contributed by atoms with Gasteiger partial charge in [0.05, 0.1) is 0 Å². The maximum Gasteiger partial charge on any atom is 0.188 e. The lowest BCUT2D eigenvalue weighted by Gasteiger charge is -2.57. The second-order valence-corrected chi connectivity index (χ2v) is 8.66. The van der Waals surface area contributed by atoms with E-state index in [0.717, 1.165) is 28.7 Å². The number of nitrogens with zero attached hydrogens (tertiary/aromatic N) is 3. The van der Waals surface area contributed by atoms with Crippen molar-refractivity contribution in [3.05, 3.63) is 17.9 Å². The van der Waals surface area contributed by atoms with Gasteiger partial charge in [-0.15, -0.1) is 11.3 Å². The maximum atomic E-state index is 6.36. The third-order valence-electron chi connectivity index (χ3n) is 5.96. The second kappa shape index (κ2) is 5.31. The fraction of sp³-hybridized carbons (Fsp3) is 0.588. The van der Waals surface area contributed by atoms with Crippen LogP contribution in [0.1, 0.15) is 38.5 Å². The monoisotopic (exact) mass is 342 g/mol. The smallest absolute Gasteiger partial charge is 0.188 e. The van der Waals surface area contributed by atoms with Crippen LogP contribution < -0.4 is 16.4 Å². The van der Waals surface area contributed by atoms with Crippen molar-refractivity contribution < 1.29 is 0 Å². The van der Waals surface area contributed by atoms with E-state index in [1.54, 1.807) is 12.5 Å². The summed E-state index contributed by atoms with van der Waals surface area (Å²) in [5.41, 5.74) is 7.13. The van der Waals surface area contributed by atoms with Crippen LogP contribution in [0.3, 0.4) is 0 Å². The summed E-state index contributed by atoms with van der Waals surface area (Å²) in [6, 6.07) is 0. The van der Waals surface area contributed by atoms with Gasteiger partial charge < -0.3 is 16.4 Å². The van der Waals surface area contributed by atoms with Crippen molar-refractivity contribution in [3.8, 4) is 0 Å². The van der Waals surface area contributed by atoms with Crippen molar-refractivity contribution in [2.45, 2.75) is 44.1 Å². The quantitative estimate of drug-likeness (QED) is 0.786. The zero-order valence-electron chi connectivity index (χ0n) is 13.5. The molecule has 2 heterocycles. The van der Waals surface area contributed by atoms with Gasteiger partial charge in [-0.2, -0.15) is 0 Å². The number of hydrogen-bond acceptors (Lipinski definition) is 7. The van der Waals surface area contributed by atoms with Gasteiger partial charge in [-0.3, -0.25) is 0 Å². The van der Waals surface area contributed by atoms with Crippen molar-refractivity contribution in [1.82, 2.24) is 15.0 Å². The molecule has 0 spiro atoms. The van der Waals surface area contributed by atoms with Crippen LogP contribution in [-0.2, 0) is 0 Å². The first kappa shape index (κ1) is 14.5. The first-order valence-corrected chi connectivity index (χ1v) is 9.62. The molecule has 6 nitrogen and oxygen atoms in total. The van der Waals surface area contributed by atoms with Gasteiger partial charge in [0.15, 0.2) is 16.8 Å². The van der Waals surface area contributed by atoms with Crippen molar-refractivity contribution in [2.75, 3.05) is 16.4 Å². The Balaban J connectivity index is 1.41. The number of thiazole rings is 1. The molecule has 0 saturated heterocycles. The molecule has 4 aliphatic carbocycles. The van der Waals surface area contributed by atoms with Crippen LogP contribution in [0, 0.1) is 17.8 Å². The summed E-state index contributed by atoms with van der Waals surface area (Å²) in [5.74, 6) is 4.07. The molecule has 0 aliphatic heterocycles. The molecular weight excluding hydrogens is 320 g/mol. The fourth-order valence-corrected chi connectivity index (χ4v) is 6.02. The van der Waals surface area contributed by atoms with Crippen molar-refractivity contribution in [1.29, 1.82) is 0 Å². The first-order valence-electron chi connectivity index (χ1n) is 8.74. The second-order valence-electron chi connectivity index (χ2n) is 7.77. The molecule has 4 bridgehead atoms. The standard InChI is InChI=1S/C17H22N6S/c18-13-14(22-16-19-1-2-24-16)20-9-21-15(13)23-17-6-10-3-11(7-17)5-12(4-10)8-17/h1-2,9-12H,3-8,18H2,(H2,19,20,21,22,23). The molecule has 0 unspecified atom stereocenters. The zero-order chi connectivity index (χ0) is 16.1. The topological polar surface area (TPSA) is 88.8 Å². The first-order chi connectivity index (χ1) is 11.7. The van der Waals surface area contributed by atoms with Crippen molar-refractivity contribution in [3.63, 3.8) is 0 Å². The normalized spacial score (nSPS) is 33.6. The predicted octanol–water partition coefficient (Wildman–Crippen LogP) is 3.64. The lowest BCUT2D eigenvalue weighted by Crippen LogP contribution is -2.55. The summed E-state index contributed by atoms with van der Waals surface area (Å²) in [6.45, 7) is 0. The average Bonchev–Trinajstić information content (AvgIpc) is 3.03. The average molecular weight is 342 g/mol. The van der Waals surface area contributed by atoms with Crippen LogP contribution >= 0.6 is 11.3 Å². The van der Waals surface area contributed by atoms with Gasteiger partial charge in [-0.05, 0) is 56.3 Å². The van der Waals surface area contributed by atoms with Gasteiger partial charge in [0.1, 0.15) is 12.0 Å². The Labute approximate surface area is 145 Å². The van der Waals surface area contributed by atoms with E-state index in [0.29, 0.717) is 11.5 Å². The molecular formula is C17H22N6S.